The molecule has 2 N–H and O–H groups in total. The van der Waals surface area contributed by atoms with Gasteiger partial charge in [0.1, 0.15) is 12.7 Å². The predicted octanol–water partition coefficient (Wildman–Crippen LogP) is 3.91. The Hall–Kier alpha value is -2.79. The minimum atomic E-state index is -0.616. The fourth-order valence-corrected chi connectivity index (χ4v) is 3.22. The smallest absolute Gasteiger partial charge is 0.248 e. The highest BCUT2D eigenvalue weighted by atomic mass is 16.6. The Morgan fingerprint density at radius 2 is 1.89 bits per heavy atom. The second-order valence-corrected chi connectivity index (χ2v) is 8.53. The lowest BCUT2D eigenvalue weighted by Crippen LogP contribution is -2.34. The molecule has 1 heterocycles. The van der Waals surface area contributed by atoms with Crippen LogP contribution in [0.25, 0.3) is 6.08 Å². The van der Waals surface area contributed by atoms with Crippen molar-refractivity contribution in [3.8, 4) is 11.5 Å². The Kier molecular flexibility index (Phi) is 4.42. The van der Waals surface area contributed by atoms with Gasteiger partial charge < -0.3 is 19.9 Å². The summed E-state index contributed by atoms with van der Waals surface area (Å²) in [6.45, 7) is 6.86. The fourth-order valence-electron chi connectivity index (χ4n) is 3.22. The van der Waals surface area contributed by atoms with E-state index in [4.69, 9.17) is 9.47 Å². The van der Waals surface area contributed by atoms with Crippen LogP contribution in [-0.2, 0) is 10.2 Å². The zero-order valence-electron chi connectivity index (χ0n) is 16.4. The van der Waals surface area contributed by atoms with Crippen LogP contribution >= 0.6 is 0 Å². The molecular formula is C23H25NO4. The predicted molar refractivity (Wildman–Crippen MR) is 109 cm³/mol. The summed E-state index contributed by atoms with van der Waals surface area (Å²) < 4.78 is 11.5. The van der Waals surface area contributed by atoms with E-state index in [2.05, 4.69) is 38.2 Å². The van der Waals surface area contributed by atoms with Gasteiger partial charge >= 0.3 is 0 Å². The Bertz CT molecular complexity index is 927. The highest BCUT2D eigenvalue weighted by Gasteiger charge is 2.59. The standard InChI is InChI=1S/C23H25NO4/c1-22(2,3)16-7-4-15(5-8-16)6-11-21(26)24-17-9-10-18-19(12-17)28-23(14-27-18)13-20(23)25/h4-12,20,25H,13-14H2,1-3H3,(H,24,26)/b11-6+/t20-,23?/m1/s1. The zero-order chi connectivity index (χ0) is 19.9. The van der Waals surface area contributed by atoms with Crippen LogP contribution in [0.15, 0.2) is 48.5 Å². The summed E-state index contributed by atoms with van der Waals surface area (Å²) >= 11 is 0. The first-order valence-corrected chi connectivity index (χ1v) is 9.49. The lowest BCUT2D eigenvalue weighted by molar-refractivity contribution is -0.111. The van der Waals surface area contributed by atoms with E-state index in [0.717, 1.165) is 5.56 Å². The minimum Gasteiger partial charge on any atom is -0.485 e. The normalized spacial score (nSPS) is 23.1. The molecule has 2 atom stereocenters. The molecule has 2 aliphatic rings. The molecule has 1 aliphatic heterocycles. The SMILES string of the molecule is CC(C)(C)c1ccc(/C=C/C(=O)Nc2ccc3c(c2)OC2(CO3)C[C@H]2O)cc1. The number of hydrogen-bond donors (Lipinski definition) is 2. The van der Waals surface area contributed by atoms with Crippen molar-refractivity contribution in [3.05, 3.63) is 59.7 Å². The summed E-state index contributed by atoms with van der Waals surface area (Å²) in [5.41, 5.74) is 2.33. The monoisotopic (exact) mass is 379 g/mol. The molecule has 0 bridgehead atoms. The van der Waals surface area contributed by atoms with Crippen LogP contribution in [0.2, 0.25) is 0 Å². The second kappa shape index (κ2) is 6.67. The van der Waals surface area contributed by atoms with Gasteiger partial charge in [-0.15, -0.1) is 0 Å². The van der Waals surface area contributed by atoms with Gasteiger partial charge in [0.25, 0.3) is 0 Å². The van der Waals surface area contributed by atoms with Crippen LogP contribution in [-0.4, -0.2) is 29.3 Å². The molecule has 5 nitrogen and oxygen atoms in total. The number of carbonyl (C=O) groups is 1. The van der Waals surface area contributed by atoms with Crippen molar-refractivity contribution >= 4 is 17.7 Å². The fraction of sp³-hybridized carbons (Fsp3) is 0.348. The van der Waals surface area contributed by atoms with Crippen molar-refractivity contribution in [2.75, 3.05) is 11.9 Å². The maximum Gasteiger partial charge on any atom is 0.248 e. The average Bonchev–Trinajstić information content (AvgIpc) is 3.27. The molecule has 0 saturated heterocycles. The van der Waals surface area contributed by atoms with Crippen molar-refractivity contribution in [2.24, 2.45) is 0 Å². The lowest BCUT2D eigenvalue weighted by atomic mass is 9.87. The van der Waals surface area contributed by atoms with Gasteiger partial charge in [-0.05, 0) is 34.8 Å². The van der Waals surface area contributed by atoms with E-state index in [1.807, 2.05) is 12.1 Å². The lowest BCUT2D eigenvalue weighted by Gasteiger charge is -2.27. The maximum atomic E-state index is 12.3. The first-order valence-electron chi connectivity index (χ1n) is 9.49. The molecule has 0 radical (unpaired) electrons. The molecule has 1 aliphatic carbocycles. The minimum absolute atomic E-state index is 0.104. The number of benzene rings is 2. The molecule has 1 unspecified atom stereocenters. The Morgan fingerprint density at radius 3 is 2.54 bits per heavy atom. The first-order chi connectivity index (χ1) is 13.2. The van der Waals surface area contributed by atoms with Gasteiger partial charge in [-0.2, -0.15) is 0 Å². The van der Waals surface area contributed by atoms with Crippen LogP contribution in [0, 0.1) is 0 Å². The van der Waals surface area contributed by atoms with E-state index in [1.165, 1.54) is 11.6 Å². The summed E-state index contributed by atoms with van der Waals surface area (Å²) in [4.78, 5) is 12.3. The van der Waals surface area contributed by atoms with Crippen molar-refractivity contribution in [3.63, 3.8) is 0 Å². The number of nitrogens with one attached hydrogen (secondary N) is 1. The van der Waals surface area contributed by atoms with Crippen LogP contribution < -0.4 is 14.8 Å². The number of aliphatic hydroxyl groups is 1. The number of amides is 1. The third-order valence-electron chi connectivity index (χ3n) is 5.19. The number of anilines is 1. The Balaban J connectivity index is 1.40. The molecule has 1 spiro atoms. The largest absolute Gasteiger partial charge is 0.485 e. The number of carbonyl (C=O) groups excluding carboxylic acids is 1. The molecule has 5 heteroatoms. The quantitative estimate of drug-likeness (QED) is 0.794. The molecule has 1 amide bonds. The van der Waals surface area contributed by atoms with E-state index in [0.29, 0.717) is 30.2 Å². The van der Waals surface area contributed by atoms with Crippen LogP contribution in [0.1, 0.15) is 38.3 Å². The summed E-state index contributed by atoms with van der Waals surface area (Å²) in [5.74, 6) is 0.942. The topological polar surface area (TPSA) is 67.8 Å². The molecule has 1 saturated carbocycles. The third kappa shape index (κ3) is 3.76. The molecule has 4 rings (SSSR count). The maximum absolute atomic E-state index is 12.3. The summed E-state index contributed by atoms with van der Waals surface area (Å²) in [7, 11) is 0. The van der Waals surface area contributed by atoms with Crippen molar-refractivity contribution in [2.45, 2.75) is 44.3 Å². The number of ether oxygens (including phenoxy) is 2. The molecule has 0 aromatic heterocycles. The van der Waals surface area contributed by atoms with Gasteiger partial charge in [0.2, 0.25) is 5.91 Å². The average molecular weight is 379 g/mol. The zero-order valence-corrected chi connectivity index (χ0v) is 16.4. The molecule has 146 valence electrons. The van der Waals surface area contributed by atoms with Crippen LogP contribution in [0.3, 0.4) is 0 Å². The van der Waals surface area contributed by atoms with Gasteiger partial charge in [0, 0.05) is 24.3 Å². The third-order valence-corrected chi connectivity index (χ3v) is 5.19. The van der Waals surface area contributed by atoms with E-state index in [1.54, 1.807) is 24.3 Å². The Morgan fingerprint density at radius 1 is 1.18 bits per heavy atom. The Labute approximate surface area is 165 Å². The van der Waals surface area contributed by atoms with Gasteiger partial charge in [-0.1, -0.05) is 45.0 Å². The van der Waals surface area contributed by atoms with Crippen LogP contribution in [0.4, 0.5) is 5.69 Å². The van der Waals surface area contributed by atoms with Gasteiger partial charge in [-0.25, -0.2) is 0 Å². The molecule has 2 aromatic carbocycles. The van der Waals surface area contributed by atoms with Gasteiger partial charge in [-0.3, -0.25) is 4.79 Å². The van der Waals surface area contributed by atoms with Gasteiger partial charge in [0.05, 0.1) is 0 Å². The molecular weight excluding hydrogens is 354 g/mol. The van der Waals surface area contributed by atoms with Crippen molar-refractivity contribution in [1.29, 1.82) is 0 Å². The number of hydrogen-bond acceptors (Lipinski definition) is 4. The van der Waals surface area contributed by atoms with Crippen molar-refractivity contribution < 1.29 is 19.4 Å². The highest BCUT2D eigenvalue weighted by Crippen LogP contribution is 2.47. The van der Waals surface area contributed by atoms with Gasteiger partial charge in [0.15, 0.2) is 17.1 Å². The number of rotatable bonds is 3. The molecule has 28 heavy (non-hydrogen) atoms. The number of aliphatic hydroxyl groups excluding tert-OH is 1. The molecule has 2 aromatic rings. The van der Waals surface area contributed by atoms with E-state index < -0.39 is 11.7 Å². The highest BCUT2D eigenvalue weighted by molar-refractivity contribution is 6.02. The summed E-state index contributed by atoms with van der Waals surface area (Å²) in [5, 5.41) is 12.6. The van der Waals surface area contributed by atoms with Crippen molar-refractivity contribution in [1.82, 2.24) is 0 Å². The first kappa shape index (κ1) is 18.6. The van der Waals surface area contributed by atoms with E-state index in [9.17, 15) is 9.90 Å². The number of fused-ring (bicyclic) bond motifs is 1. The molecule has 1 fully saturated rings. The van der Waals surface area contributed by atoms with Crippen LogP contribution in [0.5, 0.6) is 11.5 Å². The summed E-state index contributed by atoms with van der Waals surface area (Å²) in [6.07, 6.45) is 3.37. The second-order valence-electron chi connectivity index (χ2n) is 8.53. The van der Waals surface area contributed by atoms with E-state index >= 15 is 0 Å². The van der Waals surface area contributed by atoms with E-state index in [-0.39, 0.29) is 11.3 Å². The summed E-state index contributed by atoms with van der Waals surface area (Å²) in [6, 6.07) is 13.4.